The van der Waals surface area contributed by atoms with Crippen LogP contribution in [0.1, 0.15) is 29.6 Å². The molecular formula is C13H13BrN2O5. The maximum atomic E-state index is 12.1. The van der Waals surface area contributed by atoms with Gasteiger partial charge in [0.05, 0.1) is 10.8 Å². The third kappa shape index (κ3) is 3.57. The summed E-state index contributed by atoms with van der Waals surface area (Å²) in [6.07, 6.45) is 1.42. The first-order valence-electron chi connectivity index (χ1n) is 6.36. The molecule has 1 aliphatic carbocycles. The van der Waals surface area contributed by atoms with Crippen LogP contribution in [-0.2, 0) is 4.79 Å². The summed E-state index contributed by atoms with van der Waals surface area (Å²) < 4.78 is 0.512. The number of halogens is 1. The summed E-state index contributed by atoms with van der Waals surface area (Å²) in [4.78, 5) is 33.4. The van der Waals surface area contributed by atoms with E-state index in [1.165, 1.54) is 12.1 Å². The SMILES string of the molecule is O=C(N[C@@H]1CC[C@H](C(=O)O)C1)c1ccc(Br)cc1[N+](=O)[O-]. The molecule has 8 heteroatoms. The molecule has 1 amide bonds. The number of carbonyl (C=O) groups excluding carboxylic acids is 1. The minimum Gasteiger partial charge on any atom is -0.481 e. The summed E-state index contributed by atoms with van der Waals surface area (Å²) in [6, 6.07) is 3.93. The molecule has 2 rings (SSSR count). The van der Waals surface area contributed by atoms with Crippen molar-refractivity contribution in [2.24, 2.45) is 5.92 Å². The van der Waals surface area contributed by atoms with E-state index in [1.807, 2.05) is 0 Å². The monoisotopic (exact) mass is 356 g/mol. The van der Waals surface area contributed by atoms with Crippen molar-refractivity contribution in [1.29, 1.82) is 0 Å². The molecule has 0 aromatic heterocycles. The lowest BCUT2D eigenvalue weighted by atomic mass is 10.1. The third-order valence-electron chi connectivity index (χ3n) is 3.52. The second-order valence-corrected chi connectivity index (χ2v) is 5.85. The first-order chi connectivity index (χ1) is 9.88. The van der Waals surface area contributed by atoms with Gasteiger partial charge in [0.1, 0.15) is 5.56 Å². The summed E-state index contributed by atoms with van der Waals surface area (Å²) in [6.45, 7) is 0. The van der Waals surface area contributed by atoms with Crippen molar-refractivity contribution in [3.63, 3.8) is 0 Å². The van der Waals surface area contributed by atoms with Gasteiger partial charge >= 0.3 is 5.97 Å². The van der Waals surface area contributed by atoms with Crippen LogP contribution in [0.2, 0.25) is 0 Å². The van der Waals surface area contributed by atoms with Crippen LogP contribution in [0.5, 0.6) is 0 Å². The topological polar surface area (TPSA) is 110 Å². The molecule has 0 unspecified atom stereocenters. The third-order valence-corrected chi connectivity index (χ3v) is 4.01. The Hall–Kier alpha value is -1.96. The molecule has 0 bridgehead atoms. The highest BCUT2D eigenvalue weighted by Crippen LogP contribution is 2.27. The first-order valence-corrected chi connectivity index (χ1v) is 7.15. The summed E-state index contributed by atoms with van der Waals surface area (Å²) in [5, 5.41) is 22.6. The largest absolute Gasteiger partial charge is 0.481 e. The van der Waals surface area contributed by atoms with Gasteiger partial charge in [-0.3, -0.25) is 19.7 Å². The average molecular weight is 357 g/mol. The number of carboxylic acids is 1. The zero-order chi connectivity index (χ0) is 15.6. The number of rotatable bonds is 4. The van der Waals surface area contributed by atoms with E-state index in [-0.39, 0.29) is 17.3 Å². The Kier molecular flexibility index (Phi) is 4.56. The van der Waals surface area contributed by atoms with Gasteiger partial charge in [-0.15, -0.1) is 0 Å². The molecule has 112 valence electrons. The van der Waals surface area contributed by atoms with Crippen LogP contribution in [0.3, 0.4) is 0 Å². The predicted molar refractivity (Wildman–Crippen MR) is 77.0 cm³/mol. The molecule has 2 atom stereocenters. The van der Waals surface area contributed by atoms with Crippen molar-refractivity contribution in [3.05, 3.63) is 38.3 Å². The molecule has 0 saturated heterocycles. The van der Waals surface area contributed by atoms with Crippen molar-refractivity contribution in [2.45, 2.75) is 25.3 Å². The smallest absolute Gasteiger partial charge is 0.306 e. The number of hydrogen-bond acceptors (Lipinski definition) is 4. The number of nitrogens with one attached hydrogen (secondary N) is 1. The van der Waals surface area contributed by atoms with E-state index >= 15 is 0 Å². The number of amides is 1. The van der Waals surface area contributed by atoms with E-state index in [0.29, 0.717) is 23.7 Å². The van der Waals surface area contributed by atoms with Crippen LogP contribution in [0.15, 0.2) is 22.7 Å². The van der Waals surface area contributed by atoms with Crippen LogP contribution in [0, 0.1) is 16.0 Å². The molecule has 21 heavy (non-hydrogen) atoms. The Labute approximate surface area is 128 Å². The molecule has 1 saturated carbocycles. The van der Waals surface area contributed by atoms with Gasteiger partial charge < -0.3 is 10.4 Å². The van der Waals surface area contributed by atoms with Crippen LogP contribution in [0.25, 0.3) is 0 Å². The van der Waals surface area contributed by atoms with E-state index in [2.05, 4.69) is 21.2 Å². The molecule has 0 spiro atoms. The van der Waals surface area contributed by atoms with Crippen LogP contribution in [0.4, 0.5) is 5.69 Å². The lowest BCUT2D eigenvalue weighted by Crippen LogP contribution is -2.33. The Bertz CT molecular complexity index is 604. The lowest BCUT2D eigenvalue weighted by Gasteiger charge is -2.12. The summed E-state index contributed by atoms with van der Waals surface area (Å²) >= 11 is 3.12. The summed E-state index contributed by atoms with van der Waals surface area (Å²) in [7, 11) is 0. The minimum atomic E-state index is -0.874. The van der Waals surface area contributed by atoms with Gasteiger partial charge in [-0.05, 0) is 31.4 Å². The van der Waals surface area contributed by atoms with Crippen LogP contribution >= 0.6 is 15.9 Å². The van der Waals surface area contributed by atoms with E-state index in [1.54, 1.807) is 6.07 Å². The number of nitrogens with zero attached hydrogens (tertiary/aromatic N) is 1. The molecule has 7 nitrogen and oxygen atoms in total. The molecule has 0 aliphatic heterocycles. The lowest BCUT2D eigenvalue weighted by molar-refractivity contribution is -0.385. The van der Waals surface area contributed by atoms with Gasteiger partial charge in [-0.1, -0.05) is 15.9 Å². The van der Waals surface area contributed by atoms with Crippen molar-refractivity contribution >= 4 is 33.5 Å². The van der Waals surface area contributed by atoms with E-state index in [0.717, 1.165) is 0 Å². The van der Waals surface area contributed by atoms with Crippen LogP contribution < -0.4 is 5.32 Å². The number of carbonyl (C=O) groups is 2. The number of nitro groups is 1. The van der Waals surface area contributed by atoms with Gasteiger partial charge in [-0.2, -0.15) is 0 Å². The Morgan fingerprint density at radius 3 is 2.67 bits per heavy atom. The van der Waals surface area contributed by atoms with Gasteiger partial charge in [0.2, 0.25) is 0 Å². The summed E-state index contributed by atoms with van der Waals surface area (Å²) in [5.41, 5.74) is -0.309. The number of aliphatic carboxylic acids is 1. The molecule has 2 N–H and O–H groups in total. The first kappa shape index (κ1) is 15.4. The van der Waals surface area contributed by atoms with E-state index < -0.39 is 22.7 Å². The highest BCUT2D eigenvalue weighted by molar-refractivity contribution is 9.10. The molecule has 0 radical (unpaired) electrons. The Morgan fingerprint density at radius 2 is 2.10 bits per heavy atom. The minimum absolute atomic E-state index is 0.0259. The number of nitro benzene ring substituents is 1. The quantitative estimate of drug-likeness (QED) is 0.635. The molecule has 1 fully saturated rings. The molecular weight excluding hydrogens is 344 g/mol. The van der Waals surface area contributed by atoms with Gasteiger partial charge in [0.15, 0.2) is 0 Å². The molecule has 1 aliphatic rings. The number of benzene rings is 1. The standard InChI is InChI=1S/C13H13BrN2O5/c14-8-2-4-10(11(6-8)16(20)21)12(17)15-9-3-1-7(5-9)13(18)19/h2,4,6-7,9H,1,3,5H2,(H,15,17)(H,18,19)/t7-,9+/m0/s1. The van der Waals surface area contributed by atoms with Crippen molar-refractivity contribution in [1.82, 2.24) is 5.32 Å². The van der Waals surface area contributed by atoms with Gasteiger partial charge in [0.25, 0.3) is 11.6 Å². The second-order valence-electron chi connectivity index (χ2n) is 4.94. The molecule has 0 heterocycles. The fraction of sp³-hybridized carbons (Fsp3) is 0.385. The van der Waals surface area contributed by atoms with Crippen molar-refractivity contribution in [3.8, 4) is 0 Å². The van der Waals surface area contributed by atoms with Crippen molar-refractivity contribution < 1.29 is 19.6 Å². The average Bonchev–Trinajstić information content (AvgIpc) is 2.87. The van der Waals surface area contributed by atoms with Gasteiger partial charge in [0, 0.05) is 16.6 Å². The van der Waals surface area contributed by atoms with Crippen LogP contribution in [-0.4, -0.2) is 27.9 Å². The zero-order valence-corrected chi connectivity index (χ0v) is 12.5. The maximum Gasteiger partial charge on any atom is 0.306 e. The highest BCUT2D eigenvalue weighted by atomic mass is 79.9. The second kappa shape index (κ2) is 6.21. The fourth-order valence-corrected chi connectivity index (χ4v) is 2.80. The number of hydrogen-bond donors (Lipinski definition) is 2. The number of carboxylic acid groups (broad SMARTS) is 1. The Morgan fingerprint density at radius 1 is 1.38 bits per heavy atom. The van der Waals surface area contributed by atoms with Crippen molar-refractivity contribution in [2.75, 3.05) is 0 Å². The maximum absolute atomic E-state index is 12.1. The highest BCUT2D eigenvalue weighted by Gasteiger charge is 2.31. The summed E-state index contributed by atoms with van der Waals surface area (Å²) in [5.74, 6) is -1.89. The predicted octanol–water partition coefficient (Wildman–Crippen LogP) is 2.34. The Balaban J connectivity index is 2.11. The molecule has 1 aromatic carbocycles. The molecule has 1 aromatic rings. The fourth-order valence-electron chi connectivity index (χ4n) is 2.45. The zero-order valence-electron chi connectivity index (χ0n) is 10.9. The van der Waals surface area contributed by atoms with E-state index in [4.69, 9.17) is 5.11 Å². The normalized spacial score (nSPS) is 21.0. The van der Waals surface area contributed by atoms with E-state index in [9.17, 15) is 19.7 Å². The van der Waals surface area contributed by atoms with Gasteiger partial charge in [-0.25, -0.2) is 0 Å².